The number of benzene rings is 1. The topological polar surface area (TPSA) is 34.9 Å². The van der Waals surface area contributed by atoms with Crippen LogP contribution in [-0.4, -0.2) is 16.1 Å². The van der Waals surface area contributed by atoms with Crippen molar-refractivity contribution in [2.45, 2.75) is 6.54 Å². The highest BCUT2D eigenvalue weighted by Crippen LogP contribution is 2.26. The summed E-state index contributed by atoms with van der Waals surface area (Å²) in [6, 6.07) is 11.5. The maximum absolute atomic E-state index is 11.2. The Labute approximate surface area is 125 Å². The molecule has 3 nitrogen and oxygen atoms in total. The van der Waals surface area contributed by atoms with Crippen molar-refractivity contribution >= 4 is 29.2 Å². The molecule has 0 atom stereocenters. The highest BCUT2D eigenvalue weighted by atomic mass is 35.5. The van der Waals surface area contributed by atoms with Crippen molar-refractivity contribution in [1.82, 2.24) is 9.78 Å². The average Bonchev–Trinajstić information content (AvgIpc) is 3.09. The van der Waals surface area contributed by atoms with E-state index in [1.165, 1.54) is 0 Å². The Morgan fingerprint density at radius 3 is 2.80 bits per heavy atom. The van der Waals surface area contributed by atoms with Crippen molar-refractivity contribution in [2.75, 3.05) is 0 Å². The van der Waals surface area contributed by atoms with Crippen LogP contribution in [0.1, 0.15) is 15.9 Å². The van der Waals surface area contributed by atoms with Gasteiger partial charge in [-0.3, -0.25) is 9.48 Å². The Kier molecular flexibility index (Phi) is 3.67. The Hall–Kier alpha value is -1.91. The van der Waals surface area contributed by atoms with Crippen molar-refractivity contribution < 1.29 is 4.79 Å². The quantitative estimate of drug-likeness (QED) is 0.679. The van der Waals surface area contributed by atoms with Crippen molar-refractivity contribution in [3.05, 3.63) is 64.1 Å². The standard InChI is InChI=1S/C15H11ClN2OS/c16-13-5-2-1-4-11(13)8-18-9-12(10-19)15(17-18)14-6-3-7-20-14/h1-7,9-10H,8H2. The summed E-state index contributed by atoms with van der Waals surface area (Å²) in [5, 5.41) is 7.17. The van der Waals surface area contributed by atoms with E-state index in [1.54, 1.807) is 22.2 Å². The lowest BCUT2D eigenvalue weighted by Gasteiger charge is -2.03. The van der Waals surface area contributed by atoms with Crippen molar-refractivity contribution in [2.24, 2.45) is 0 Å². The van der Waals surface area contributed by atoms with Crippen LogP contribution in [0.3, 0.4) is 0 Å². The Balaban J connectivity index is 1.96. The second-order valence-corrected chi connectivity index (χ2v) is 5.67. The lowest BCUT2D eigenvalue weighted by Crippen LogP contribution is -2.00. The largest absolute Gasteiger partial charge is 0.298 e. The van der Waals surface area contributed by atoms with E-state index >= 15 is 0 Å². The predicted molar refractivity (Wildman–Crippen MR) is 81.5 cm³/mol. The lowest BCUT2D eigenvalue weighted by molar-refractivity contribution is 0.112. The minimum Gasteiger partial charge on any atom is -0.298 e. The van der Waals surface area contributed by atoms with Gasteiger partial charge >= 0.3 is 0 Å². The van der Waals surface area contributed by atoms with Crippen LogP contribution in [0.4, 0.5) is 0 Å². The molecule has 2 heterocycles. The summed E-state index contributed by atoms with van der Waals surface area (Å²) in [5.74, 6) is 0. The predicted octanol–water partition coefficient (Wildman–Crippen LogP) is 4.13. The van der Waals surface area contributed by atoms with Crippen molar-refractivity contribution in [3.8, 4) is 10.6 Å². The molecule has 0 radical (unpaired) electrons. The minimum absolute atomic E-state index is 0.548. The fraction of sp³-hybridized carbons (Fsp3) is 0.0667. The van der Waals surface area contributed by atoms with E-state index in [2.05, 4.69) is 5.10 Å². The van der Waals surface area contributed by atoms with Gasteiger partial charge in [0.25, 0.3) is 0 Å². The van der Waals surface area contributed by atoms with Gasteiger partial charge in [-0.1, -0.05) is 35.9 Å². The summed E-state index contributed by atoms with van der Waals surface area (Å²) in [7, 11) is 0. The third kappa shape index (κ3) is 2.53. The average molecular weight is 303 g/mol. The van der Waals surface area contributed by atoms with Gasteiger partial charge in [0.05, 0.1) is 17.0 Å². The molecule has 5 heteroatoms. The molecule has 3 aromatic rings. The fourth-order valence-electron chi connectivity index (χ4n) is 2.01. The molecule has 0 saturated carbocycles. The maximum atomic E-state index is 11.2. The third-order valence-corrected chi connectivity index (χ3v) is 4.21. The number of thiophene rings is 1. The second kappa shape index (κ2) is 5.61. The highest BCUT2D eigenvalue weighted by molar-refractivity contribution is 7.13. The molecule has 0 aliphatic carbocycles. The van der Waals surface area contributed by atoms with E-state index in [1.807, 2.05) is 41.8 Å². The van der Waals surface area contributed by atoms with Crippen LogP contribution in [0.2, 0.25) is 5.02 Å². The second-order valence-electron chi connectivity index (χ2n) is 4.32. The number of hydrogen-bond acceptors (Lipinski definition) is 3. The molecule has 3 rings (SSSR count). The molecular formula is C15H11ClN2OS. The molecule has 20 heavy (non-hydrogen) atoms. The molecule has 0 aliphatic rings. The van der Waals surface area contributed by atoms with Gasteiger partial charge < -0.3 is 0 Å². The zero-order chi connectivity index (χ0) is 13.9. The summed E-state index contributed by atoms with van der Waals surface area (Å²) < 4.78 is 1.75. The molecule has 0 N–H and O–H groups in total. The van der Waals surface area contributed by atoms with Crippen LogP contribution < -0.4 is 0 Å². The molecule has 0 amide bonds. The number of nitrogens with zero attached hydrogens (tertiary/aromatic N) is 2. The SMILES string of the molecule is O=Cc1cn(Cc2ccccc2Cl)nc1-c1cccs1. The third-order valence-electron chi connectivity index (χ3n) is 2.96. The van der Waals surface area contributed by atoms with Crippen LogP contribution in [0.25, 0.3) is 10.6 Å². The normalized spacial score (nSPS) is 10.7. The number of carbonyl (C=O) groups is 1. The molecule has 0 bridgehead atoms. The van der Waals surface area contributed by atoms with Crippen LogP contribution in [-0.2, 0) is 6.54 Å². The molecule has 100 valence electrons. The number of aldehydes is 1. The summed E-state index contributed by atoms with van der Waals surface area (Å²) >= 11 is 7.71. The first-order valence-electron chi connectivity index (χ1n) is 6.08. The van der Waals surface area contributed by atoms with E-state index in [0.29, 0.717) is 17.1 Å². The van der Waals surface area contributed by atoms with Gasteiger partial charge in [0.1, 0.15) is 5.69 Å². The van der Waals surface area contributed by atoms with Crippen LogP contribution in [0, 0.1) is 0 Å². The van der Waals surface area contributed by atoms with Gasteiger partial charge in [-0.05, 0) is 23.1 Å². The van der Waals surface area contributed by atoms with E-state index < -0.39 is 0 Å². The monoisotopic (exact) mass is 302 g/mol. The van der Waals surface area contributed by atoms with E-state index in [-0.39, 0.29) is 0 Å². The molecule has 0 aliphatic heterocycles. The van der Waals surface area contributed by atoms with Gasteiger partial charge in [0, 0.05) is 11.2 Å². The van der Waals surface area contributed by atoms with Crippen LogP contribution >= 0.6 is 22.9 Å². The smallest absolute Gasteiger partial charge is 0.153 e. The molecule has 0 fully saturated rings. The number of rotatable bonds is 4. The minimum atomic E-state index is 0.548. The van der Waals surface area contributed by atoms with Crippen molar-refractivity contribution in [1.29, 1.82) is 0 Å². The summed E-state index contributed by atoms with van der Waals surface area (Å²) in [5.41, 5.74) is 2.30. The Morgan fingerprint density at radius 2 is 2.10 bits per heavy atom. The fourth-order valence-corrected chi connectivity index (χ4v) is 2.94. The molecular weight excluding hydrogens is 292 g/mol. The highest BCUT2D eigenvalue weighted by Gasteiger charge is 2.12. The Bertz CT molecular complexity index is 734. The van der Waals surface area contributed by atoms with Gasteiger partial charge in [0.2, 0.25) is 0 Å². The van der Waals surface area contributed by atoms with Gasteiger partial charge in [-0.25, -0.2) is 0 Å². The van der Waals surface area contributed by atoms with E-state index in [0.717, 1.165) is 22.4 Å². The molecule has 1 aromatic carbocycles. The maximum Gasteiger partial charge on any atom is 0.153 e. The zero-order valence-electron chi connectivity index (χ0n) is 10.5. The van der Waals surface area contributed by atoms with Crippen LogP contribution in [0.5, 0.6) is 0 Å². The number of hydrogen-bond donors (Lipinski definition) is 0. The van der Waals surface area contributed by atoms with E-state index in [4.69, 9.17) is 11.6 Å². The van der Waals surface area contributed by atoms with Gasteiger partial charge in [0.15, 0.2) is 6.29 Å². The van der Waals surface area contributed by atoms with Crippen LogP contribution in [0.15, 0.2) is 48.0 Å². The first-order chi connectivity index (χ1) is 9.78. The summed E-state index contributed by atoms with van der Waals surface area (Å²) in [6.07, 6.45) is 2.59. The molecule has 0 saturated heterocycles. The van der Waals surface area contributed by atoms with E-state index in [9.17, 15) is 4.79 Å². The summed E-state index contributed by atoms with van der Waals surface area (Å²) in [4.78, 5) is 12.2. The number of carbonyl (C=O) groups excluding carboxylic acids is 1. The lowest BCUT2D eigenvalue weighted by atomic mass is 10.2. The first-order valence-corrected chi connectivity index (χ1v) is 7.33. The molecule has 0 spiro atoms. The zero-order valence-corrected chi connectivity index (χ0v) is 12.1. The van der Waals surface area contributed by atoms with Gasteiger partial charge in [-0.2, -0.15) is 5.10 Å². The summed E-state index contributed by atoms with van der Waals surface area (Å²) in [6.45, 7) is 0.548. The molecule has 0 unspecified atom stereocenters. The Morgan fingerprint density at radius 1 is 1.25 bits per heavy atom. The van der Waals surface area contributed by atoms with Crippen molar-refractivity contribution in [3.63, 3.8) is 0 Å². The molecule has 2 aromatic heterocycles. The van der Waals surface area contributed by atoms with Gasteiger partial charge in [-0.15, -0.1) is 11.3 Å². The number of halogens is 1. The number of aromatic nitrogens is 2. The first kappa shape index (κ1) is 13.1.